The number of benzene rings is 1. The molecule has 3 heterocycles. The Kier molecular flexibility index (Phi) is 6.46. The molecular weight excluding hydrogens is 473 g/mol. The van der Waals surface area contributed by atoms with Crippen LogP contribution in [0.3, 0.4) is 0 Å². The highest BCUT2D eigenvalue weighted by Gasteiger charge is 2.46. The minimum atomic E-state index is -2.63. The Morgan fingerprint density at radius 1 is 1.14 bits per heavy atom. The monoisotopic (exact) mass is 498 g/mol. The third-order valence-electron chi connectivity index (χ3n) is 6.76. The fourth-order valence-electron chi connectivity index (χ4n) is 4.81. The van der Waals surface area contributed by atoms with E-state index >= 15 is 0 Å². The standard InChI is InChI=1S/C25H25F3N6O2/c26-18-8-21(34(14-18)22(35)9-19-13-30-33-32-19)24(36)31-23(15-4-2-1-3-5-15)20-7-6-16(12-29-20)17-10-25(27,28)11-17/h1-7,12-13,17-18,21,23H,8-11,14H2,(H,31,36)(H,30,32,33)/t18-,21+,23+/m1/s1. The van der Waals surface area contributed by atoms with E-state index in [4.69, 9.17) is 0 Å². The molecule has 8 nitrogen and oxygen atoms in total. The van der Waals surface area contributed by atoms with Gasteiger partial charge < -0.3 is 10.2 Å². The maximum atomic E-state index is 14.3. The van der Waals surface area contributed by atoms with Gasteiger partial charge in [-0.25, -0.2) is 13.2 Å². The van der Waals surface area contributed by atoms with E-state index in [-0.39, 0.29) is 38.1 Å². The van der Waals surface area contributed by atoms with Gasteiger partial charge in [0.15, 0.2) is 0 Å². The molecule has 2 amide bonds. The lowest BCUT2D eigenvalue weighted by atomic mass is 9.77. The van der Waals surface area contributed by atoms with Crippen LogP contribution in [0, 0.1) is 0 Å². The number of hydrogen-bond acceptors (Lipinski definition) is 5. The molecule has 3 aromatic rings. The number of nitrogens with zero attached hydrogens (tertiary/aromatic N) is 4. The van der Waals surface area contributed by atoms with Gasteiger partial charge in [-0.3, -0.25) is 14.6 Å². The van der Waals surface area contributed by atoms with Crippen LogP contribution in [0.15, 0.2) is 54.9 Å². The quantitative estimate of drug-likeness (QED) is 0.521. The smallest absolute Gasteiger partial charge is 0.249 e. The molecule has 1 aliphatic heterocycles. The molecule has 0 unspecified atom stereocenters. The van der Waals surface area contributed by atoms with Crippen molar-refractivity contribution in [3.8, 4) is 0 Å². The first kappa shape index (κ1) is 24.0. The summed E-state index contributed by atoms with van der Waals surface area (Å²) in [6, 6.07) is 10.9. The van der Waals surface area contributed by atoms with Crippen LogP contribution in [0.4, 0.5) is 13.2 Å². The third kappa shape index (κ3) is 5.09. The minimum Gasteiger partial charge on any atom is -0.342 e. The van der Waals surface area contributed by atoms with E-state index in [1.807, 2.05) is 30.3 Å². The molecule has 1 saturated heterocycles. The second kappa shape index (κ2) is 9.71. The maximum Gasteiger partial charge on any atom is 0.249 e. The van der Waals surface area contributed by atoms with Crippen molar-refractivity contribution in [1.29, 1.82) is 0 Å². The van der Waals surface area contributed by atoms with Crippen molar-refractivity contribution < 1.29 is 22.8 Å². The van der Waals surface area contributed by atoms with Crippen molar-refractivity contribution in [2.24, 2.45) is 0 Å². The number of rotatable bonds is 7. The molecule has 1 saturated carbocycles. The molecule has 0 bridgehead atoms. The Morgan fingerprint density at radius 3 is 2.56 bits per heavy atom. The van der Waals surface area contributed by atoms with Crippen LogP contribution >= 0.6 is 0 Å². The molecule has 3 atom stereocenters. The predicted octanol–water partition coefficient (Wildman–Crippen LogP) is 3.10. The number of aromatic amines is 1. The van der Waals surface area contributed by atoms with Crippen molar-refractivity contribution in [2.75, 3.05) is 6.54 Å². The first-order valence-electron chi connectivity index (χ1n) is 11.8. The summed E-state index contributed by atoms with van der Waals surface area (Å²) in [6.45, 7) is -0.177. The molecule has 2 aromatic heterocycles. The van der Waals surface area contributed by atoms with Gasteiger partial charge in [-0.1, -0.05) is 36.4 Å². The number of carbonyl (C=O) groups is 2. The minimum absolute atomic E-state index is 0.0989. The van der Waals surface area contributed by atoms with Crippen LogP contribution in [0.1, 0.15) is 53.7 Å². The summed E-state index contributed by atoms with van der Waals surface area (Å²) in [4.78, 5) is 31.9. The van der Waals surface area contributed by atoms with Gasteiger partial charge in [-0.2, -0.15) is 15.4 Å². The largest absolute Gasteiger partial charge is 0.342 e. The van der Waals surface area contributed by atoms with E-state index in [1.165, 1.54) is 11.1 Å². The lowest BCUT2D eigenvalue weighted by molar-refractivity contribution is -0.138. The van der Waals surface area contributed by atoms with Gasteiger partial charge >= 0.3 is 0 Å². The van der Waals surface area contributed by atoms with E-state index in [9.17, 15) is 22.8 Å². The summed E-state index contributed by atoms with van der Waals surface area (Å²) in [5.74, 6) is -3.78. The van der Waals surface area contributed by atoms with E-state index in [0.717, 1.165) is 11.1 Å². The van der Waals surface area contributed by atoms with E-state index in [2.05, 4.69) is 25.7 Å². The number of alkyl halides is 3. The topological polar surface area (TPSA) is 104 Å². The lowest BCUT2D eigenvalue weighted by Gasteiger charge is -2.35. The van der Waals surface area contributed by atoms with Crippen molar-refractivity contribution in [1.82, 2.24) is 30.6 Å². The summed E-state index contributed by atoms with van der Waals surface area (Å²) in [6.07, 6.45) is 1.04. The number of carbonyl (C=O) groups excluding carboxylic acids is 2. The van der Waals surface area contributed by atoms with Crippen LogP contribution in [0.5, 0.6) is 0 Å². The molecule has 0 spiro atoms. The van der Waals surface area contributed by atoms with Crippen LogP contribution in [-0.4, -0.2) is 61.8 Å². The molecule has 2 fully saturated rings. The molecule has 36 heavy (non-hydrogen) atoms. The average Bonchev–Trinajstić information content (AvgIpc) is 3.51. The highest BCUT2D eigenvalue weighted by molar-refractivity contribution is 5.89. The fourth-order valence-corrected chi connectivity index (χ4v) is 4.81. The third-order valence-corrected chi connectivity index (χ3v) is 6.76. The SMILES string of the molecule is O=C(N[C@@H](c1ccccc1)c1ccc(C2CC(F)(F)C2)cn1)[C@@H]1C[C@@H](F)CN1C(=O)Cc1cn[nH]n1. The molecule has 5 rings (SSSR count). The van der Waals surface area contributed by atoms with Crippen molar-refractivity contribution in [2.45, 2.75) is 55.8 Å². The Labute approximate surface area is 205 Å². The number of amides is 2. The Hall–Kier alpha value is -3.76. The van der Waals surface area contributed by atoms with Gasteiger partial charge in [0.05, 0.1) is 36.6 Å². The predicted molar refractivity (Wildman–Crippen MR) is 123 cm³/mol. The zero-order valence-corrected chi connectivity index (χ0v) is 19.3. The first-order valence-corrected chi connectivity index (χ1v) is 11.8. The molecule has 2 aliphatic rings. The number of halogens is 3. The normalized spacial score (nSPS) is 22.1. The Morgan fingerprint density at radius 2 is 1.92 bits per heavy atom. The van der Waals surface area contributed by atoms with E-state index in [1.54, 1.807) is 18.3 Å². The summed E-state index contributed by atoms with van der Waals surface area (Å²) in [7, 11) is 0. The second-order valence-electron chi connectivity index (χ2n) is 9.36. The Balaban J connectivity index is 1.34. The Bertz CT molecular complexity index is 1200. The summed E-state index contributed by atoms with van der Waals surface area (Å²) in [5, 5.41) is 12.9. The van der Waals surface area contributed by atoms with Crippen LogP contribution in [0.2, 0.25) is 0 Å². The zero-order valence-electron chi connectivity index (χ0n) is 19.3. The van der Waals surface area contributed by atoms with Gasteiger partial charge in [-0.05, 0) is 23.1 Å². The van der Waals surface area contributed by atoms with E-state index < -0.39 is 36.0 Å². The van der Waals surface area contributed by atoms with Gasteiger partial charge in [0, 0.05) is 25.5 Å². The second-order valence-corrected chi connectivity index (χ2v) is 9.36. The molecule has 11 heteroatoms. The first-order chi connectivity index (χ1) is 17.3. The maximum absolute atomic E-state index is 14.3. The molecule has 1 aliphatic carbocycles. The van der Waals surface area contributed by atoms with Crippen molar-refractivity contribution in [3.05, 3.63) is 77.4 Å². The number of hydrogen-bond donors (Lipinski definition) is 2. The molecule has 0 radical (unpaired) electrons. The highest BCUT2D eigenvalue weighted by Crippen LogP contribution is 2.48. The number of pyridine rings is 1. The van der Waals surface area contributed by atoms with Gasteiger partial charge in [0.2, 0.25) is 17.7 Å². The summed E-state index contributed by atoms with van der Waals surface area (Å²) >= 11 is 0. The number of likely N-dealkylation sites (tertiary alicyclic amines) is 1. The summed E-state index contributed by atoms with van der Waals surface area (Å²) in [5.41, 5.74) is 2.39. The fraction of sp³-hybridized carbons (Fsp3) is 0.400. The van der Waals surface area contributed by atoms with Crippen LogP contribution in [-0.2, 0) is 16.0 Å². The molecular formula is C25H25F3N6O2. The molecule has 188 valence electrons. The van der Waals surface area contributed by atoms with Crippen LogP contribution < -0.4 is 5.32 Å². The molecule has 1 aromatic carbocycles. The molecule has 2 N–H and O–H groups in total. The average molecular weight is 499 g/mol. The number of nitrogens with one attached hydrogen (secondary N) is 2. The van der Waals surface area contributed by atoms with E-state index in [0.29, 0.717) is 11.4 Å². The van der Waals surface area contributed by atoms with Crippen molar-refractivity contribution in [3.63, 3.8) is 0 Å². The highest BCUT2D eigenvalue weighted by atomic mass is 19.3. The van der Waals surface area contributed by atoms with Crippen LogP contribution in [0.25, 0.3) is 0 Å². The number of H-pyrrole nitrogens is 1. The van der Waals surface area contributed by atoms with Gasteiger partial charge in [0.25, 0.3) is 0 Å². The number of aromatic nitrogens is 4. The summed E-state index contributed by atoms with van der Waals surface area (Å²) < 4.78 is 40.9. The van der Waals surface area contributed by atoms with Crippen molar-refractivity contribution >= 4 is 11.8 Å². The lowest BCUT2D eigenvalue weighted by Crippen LogP contribution is -2.47. The zero-order chi connectivity index (χ0) is 25.3. The van der Waals surface area contributed by atoms with Gasteiger partial charge in [-0.15, -0.1) is 0 Å². The van der Waals surface area contributed by atoms with Gasteiger partial charge in [0.1, 0.15) is 12.2 Å².